The first-order valence-electron chi connectivity index (χ1n) is 8.81. The summed E-state index contributed by atoms with van der Waals surface area (Å²) in [4.78, 5) is 24.6. The third-order valence-corrected chi connectivity index (χ3v) is 6.94. The lowest BCUT2D eigenvalue weighted by Crippen LogP contribution is -2.33. The smallest absolute Gasteiger partial charge is 0.252 e. The molecule has 2 aromatic carbocycles. The largest absolute Gasteiger partial charge is 0.343 e. The normalized spacial score (nSPS) is 14.6. The Bertz CT molecular complexity index is 974. The van der Waals surface area contributed by atoms with Crippen LogP contribution in [0.25, 0.3) is 0 Å². The average Bonchev–Trinajstić information content (AvgIpc) is 3.23. The Labute approximate surface area is 172 Å². The van der Waals surface area contributed by atoms with E-state index in [1.165, 1.54) is 22.5 Å². The molecule has 7 nitrogen and oxygen atoms in total. The van der Waals surface area contributed by atoms with E-state index in [0.29, 0.717) is 23.2 Å². The Kier molecular flexibility index (Phi) is 6.48. The lowest BCUT2D eigenvalue weighted by Gasteiger charge is -2.16. The van der Waals surface area contributed by atoms with Gasteiger partial charge >= 0.3 is 0 Å². The van der Waals surface area contributed by atoms with Crippen LogP contribution >= 0.6 is 15.9 Å². The van der Waals surface area contributed by atoms with Gasteiger partial charge in [-0.3, -0.25) is 9.59 Å². The molecular formula is C19H20BrN3O4S. The van der Waals surface area contributed by atoms with Gasteiger partial charge in [0.1, 0.15) is 0 Å². The van der Waals surface area contributed by atoms with Gasteiger partial charge in [0.05, 0.1) is 17.0 Å². The first kappa shape index (κ1) is 20.5. The second-order valence-corrected chi connectivity index (χ2v) is 9.14. The number of sulfonamides is 1. The maximum atomic E-state index is 12.7. The summed E-state index contributed by atoms with van der Waals surface area (Å²) in [5.74, 6) is -0.912. The maximum Gasteiger partial charge on any atom is 0.252 e. The van der Waals surface area contributed by atoms with Gasteiger partial charge in [-0.2, -0.15) is 4.31 Å². The molecule has 1 fully saturated rings. The molecule has 0 spiro atoms. The summed E-state index contributed by atoms with van der Waals surface area (Å²) in [5.41, 5.74) is 0.786. The van der Waals surface area contributed by atoms with Crippen molar-refractivity contribution in [2.24, 2.45) is 0 Å². The maximum absolute atomic E-state index is 12.7. The molecular weight excluding hydrogens is 446 g/mol. The molecule has 1 saturated heterocycles. The van der Waals surface area contributed by atoms with Crippen LogP contribution in [0.15, 0.2) is 57.9 Å². The summed E-state index contributed by atoms with van der Waals surface area (Å²) in [7, 11) is -3.63. The molecule has 3 rings (SSSR count). The van der Waals surface area contributed by atoms with Crippen LogP contribution in [0.5, 0.6) is 0 Å². The molecule has 9 heteroatoms. The van der Waals surface area contributed by atoms with Gasteiger partial charge in [-0.1, -0.05) is 18.2 Å². The lowest BCUT2D eigenvalue weighted by molar-refractivity contribution is -0.115. The zero-order valence-electron chi connectivity index (χ0n) is 15.0. The molecule has 2 amide bonds. The quantitative estimate of drug-likeness (QED) is 0.684. The number of rotatable bonds is 6. The number of hydrogen-bond acceptors (Lipinski definition) is 4. The Hall–Kier alpha value is -2.23. The van der Waals surface area contributed by atoms with Crippen LogP contribution in [0.1, 0.15) is 23.2 Å². The summed E-state index contributed by atoms with van der Waals surface area (Å²) in [6.45, 7) is 0.739. The van der Waals surface area contributed by atoms with Gasteiger partial charge in [0, 0.05) is 23.2 Å². The van der Waals surface area contributed by atoms with E-state index in [9.17, 15) is 18.0 Å². The van der Waals surface area contributed by atoms with Crippen LogP contribution in [-0.2, 0) is 14.8 Å². The highest BCUT2D eigenvalue weighted by atomic mass is 79.9. The number of para-hydroxylation sites is 1. The number of nitrogens with zero attached hydrogens (tertiary/aromatic N) is 1. The Morgan fingerprint density at radius 3 is 2.39 bits per heavy atom. The van der Waals surface area contributed by atoms with Gasteiger partial charge < -0.3 is 10.6 Å². The van der Waals surface area contributed by atoms with E-state index in [0.717, 1.165) is 12.8 Å². The van der Waals surface area contributed by atoms with Gasteiger partial charge in [0.15, 0.2) is 0 Å². The minimum atomic E-state index is -3.63. The molecule has 0 atom stereocenters. The van der Waals surface area contributed by atoms with Crippen molar-refractivity contribution in [2.75, 3.05) is 25.0 Å². The van der Waals surface area contributed by atoms with E-state index in [4.69, 9.17) is 0 Å². The fourth-order valence-electron chi connectivity index (χ4n) is 2.90. The van der Waals surface area contributed by atoms with Crippen LogP contribution in [0, 0.1) is 0 Å². The van der Waals surface area contributed by atoms with E-state index in [2.05, 4.69) is 26.6 Å². The van der Waals surface area contributed by atoms with Crippen LogP contribution in [0.4, 0.5) is 5.69 Å². The van der Waals surface area contributed by atoms with Gasteiger partial charge in [-0.05, 0) is 59.1 Å². The van der Waals surface area contributed by atoms with E-state index in [1.807, 2.05) is 6.07 Å². The number of benzene rings is 2. The second kappa shape index (κ2) is 8.85. The van der Waals surface area contributed by atoms with Crippen molar-refractivity contribution in [2.45, 2.75) is 17.7 Å². The molecule has 0 aliphatic carbocycles. The van der Waals surface area contributed by atoms with E-state index in [-0.39, 0.29) is 22.9 Å². The number of halogens is 1. The molecule has 1 heterocycles. The first-order valence-corrected chi connectivity index (χ1v) is 11.0. The van der Waals surface area contributed by atoms with Gasteiger partial charge in [0.25, 0.3) is 5.91 Å². The molecule has 1 aliphatic heterocycles. The average molecular weight is 466 g/mol. The Balaban J connectivity index is 1.68. The third kappa shape index (κ3) is 4.78. The second-order valence-electron chi connectivity index (χ2n) is 6.35. The summed E-state index contributed by atoms with van der Waals surface area (Å²) in [6.07, 6.45) is 1.67. The molecule has 148 valence electrons. The van der Waals surface area contributed by atoms with Crippen molar-refractivity contribution in [3.05, 3.63) is 58.6 Å². The third-order valence-electron chi connectivity index (χ3n) is 4.35. The predicted molar refractivity (Wildman–Crippen MR) is 110 cm³/mol. The highest BCUT2D eigenvalue weighted by Crippen LogP contribution is 2.25. The van der Waals surface area contributed by atoms with Gasteiger partial charge in [0.2, 0.25) is 15.9 Å². The van der Waals surface area contributed by atoms with E-state index < -0.39 is 15.9 Å². The fraction of sp³-hybridized carbons (Fsp3) is 0.263. The monoisotopic (exact) mass is 465 g/mol. The minimum absolute atomic E-state index is 0.0662. The SMILES string of the molecule is O=C(CNC(=O)c1cc(S(=O)(=O)N2CCCC2)ccc1Br)Nc1ccccc1. The molecule has 2 N–H and O–H groups in total. The number of hydrogen-bond donors (Lipinski definition) is 2. The highest BCUT2D eigenvalue weighted by Gasteiger charge is 2.28. The number of anilines is 1. The van der Waals surface area contributed by atoms with Gasteiger partial charge in [-0.25, -0.2) is 8.42 Å². The molecule has 1 aliphatic rings. The van der Waals surface area contributed by atoms with Crippen molar-refractivity contribution in [3.8, 4) is 0 Å². The summed E-state index contributed by atoms with van der Waals surface area (Å²) >= 11 is 3.27. The standard InChI is InChI=1S/C19H20BrN3O4S/c20-17-9-8-15(28(26,27)23-10-4-5-11-23)12-16(17)19(25)21-13-18(24)22-14-6-2-1-3-7-14/h1-3,6-9,12H,4-5,10-11,13H2,(H,21,25)(H,22,24). The van der Waals surface area contributed by atoms with Crippen molar-refractivity contribution in [1.82, 2.24) is 9.62 Å². The Morgan fingerprint density at radius 1 is 1.04 bits per heavy atom. The topological polar surface area (TPSA) is 95.6 Å². The number of carbonyl (C=O) groups excluding carboxylic acids is 2. The first-order chi connectivity index (χ1) is 13.4. The molecule has 0 bridgehead atoms. The molecule has 0 saturated carbocycles. The van der Waals surface area contributed by atoms with Crippen LogP contribution in [0.3, 0.4) is 0 Å². The van der Waals surface area contributed by atoms with Crippen LogP contribution in [0.2, 0.25) is 0 Å². The van der Waals surface area contributed by atoms with E-state index >= 15 is 0 Å². The zero-order valence-corrected chi connectivity index (χ0v) is 17.4. The summed E-state index contributed by atoms with van der Waals surface area (Å²) in [5, 5.41) is 5.19. The molecule has 2 aromatic rings. The molecule has 0 radical (unpaired) electrons. The summed E-state index contributed by atoms with van der Waals surface area (Å²) < 4.78 is 27.3. The molecule has 28 heavy (non-hydrogen) atoms. The summed E-state index contributed by atoms with van der Waals surface area (Å²) in [6, 6.07) is 13.2. The predicted octanol–water partition coefficient (Wildman–Crippen LogP) is 2.60. The van der Waals surface area contributed by atoms with Crippen LogP contribution < -0.4 is 10.6 Å². The fourth-order valence-corrected chi connectivity index (χ4v) is 4.87. The zero-order chi connectivity index (χ0) is 20.1. The van der Waals surface area contributed by atoms with Crippen molar-refractivity contribution >= 4 is 43.5 Å². The Morgan fingerprint density at radius 2 is 1.71 bits per heavy atom. The van der Waals surface area contributed by atoms with E-state index in [1.54, 1.807) is 24.3 Å². The van der Waals surface area contributed by atoms with Crippen molar-refractivity contribution in [3.63, 3.8) is 0 Å². The van der Waals surface area contributed by atoms with Gasteiger partial charge in [-0.15, -0.1) is 0 Å². The number of nitrogens with one attached hydrogen (secondary N) is 2. The molecule has 0 aromatic heterocycles. The molecule has 0 unspecified atom stereocenters. The number of carbonyl (C=O) groups is 2. The van der Waals surface area contributed by atoms with Crippen LogP contribution in [-0.4, -0.2) is 44.2 Å². The lowest BCUT2D eigenvalue weighted by atomic mass is 10.2. The minimum Gasteiger partial charge on any atom is -0.343 e. The van der Waals surface area contributed by atoms with Crippen molar-refractivity contribution < 1.29 is 18.0 Å². The van der Waals surface area contributed by atoms with Crippen molar-refractivity contribution in [1.29, 1.82) is 0 Å². The number of amides is 2. The highest BCUT2D eigenvalue weighted by molar-refractivity contribution is 9.10.